The van der Waals surface area contributed by atoms with Crippen molar-refractivity contribution in [2.75, 3.05) is 12.4 Å². The fourth-order valence-corrected chi connectivity index (χ4v) is 2.87. The lowest BCUT2D eigenvalue weighted by Gasteiger charge is -1.98. The lowest BCUT2D eigenvalue weighted by atomic mass is 10.2. The highest BCUT2D eigenvalue weighted by Crippen LogP contribution is 2.21. The van der Waals surface area contributed by atoms with Crippen LogP contribution in [0, 0.1) is 6.92 Å². The molecule has 2 aromatic carbocycles. The predicted octanol–water partition coefficient (Wildman–Crippen LogP) is 4.01. The topological polar surface area (TPSA) is 28.8 Å². The van der Waals surface area contributed by atoms with E-state index in [-0.39, 0.29) is 17.0 Å². The monoisotopic (exact) mass is 362 g/mol. The average Bonchev–Trinajstić information content (AvgIpc) is 2.93. The van der Waals surface area contributed by atoms with Crippen molar-refractivity contribution in [1.29, 1.82) is 0 Å². The van der Waals surface area contributed by atoms with Crippen LogP contribution in [0.15, 0.2) is 54.6 Å². The number of aryl methyl sites for hydroxylation is 1. The second kappa shape index (κ2) is 6.83. The third-order valence-corrected chi connectivity index (χ3v) is 4.13. The fourth-order valence-electron chi connectivity index (χ4n) is 2.02. The van der Waals surface area contributed by atoms with Gasteiger partial charge in [0.1, 0.15) is 17.2 Å². The van der Waals surface area contributed by atoms with Crippen molar-refractivity contribution in [1.82, 2.24) is 4.98 Å². The summed E-state index contributed by atoms with van der Waals surface area (Å²) in [5, 5.41) is 4.03. The third-order valence-electron chi connectivity index (χ3n) is 3.09. The van der Waals surface area contributed by atoms with Gasteiger partial charge in [0.2, 0.25) is 0 Å². The summed E-state index contributed by atoms with van der Waals surface area (Å²) in [5.41, 5.74) is 3.51. The van der Waals surface area contributed by atoms with Gasteiger partial charge in [-0.15, -0.1) is 20.9 Å². The van der Waals surface area contributed by atoms with Crippen molar-refractivity contribution in [2.45, 2.75) is 6.92 Å². The number of anilines is 1. The molecule has 1 N–H and O–H groups in total. The van der Waals surface area contributed by atoms with E-state index in [1.165, 1.54) is 5.56 Å². The van der Waals surface area contributed by atoms with Gasteiger partial charge in [0.05, 0.1) is 5.56 Å². The maximum atomic E-state index is 4.67. The van der Waals surface area contributed by atoms with Gasteiger partial charge in [0.25, 0.3) is 0 Å². The van der Waals surface area contributed by atoms with Gasteiger partial charge in [-0.05, 0) is 36.2 Å². The Labute approximate surface area is 139 Å². The Morgan fingerprint density at radius 3 is 2.29 bits per heavy atom. The van der Waals surface area contributed by atoms with Gasteiger partial charge in [0.15, 0.2) is 0 Å². The van der Waals surface area contributed by atoms with Crippen LogP contribution in [0.2, 0.25) is 0 Å². The molecule has 1 aromatic heterocycles. The lowest BCUT2D eigenvalue weighted by molar-refractivity contribution is -0.509. The van der Waals surface area contributed by atoms with E-state index in [9.17, 15) is 0 Å². The van der Waals surface area contributed by atoms with Crippen molar-refractivity contribution >= 4 is 33.6 Å². The highest BCUT2D eigenvalue weighted by molar-refractivity contribution is 8.93. The number of benzene rings is 2. The van der Waals surface area contributed by atoms with E-state index in [0.717, 1.165) is 22.2 Å². The van der Waals surface area contributed by atoms with Crippen molar-refractivity contribution in [3.8, 4) is 17.1 Å². The first-order valence-corrected chi connectivity index (χ1v) is 7.29. The molecule has 0 unspecified atom stereocenters. The molecule has 0 aliphatic carbocycles. The second-order valence-electron chi connectivity index (χ2n) is 4.58. The summed E-state index contributed by atoms with van der Waals surface area (Å²) in [7, 11) is 1.90. The molecule has 0 spiro atoms. The molecule has 3 aromatic rings. The number of rotatable bonds is 3. The summed E-state index contributed by atoms with van der Waals surface area (Å²) in [5.74, 6) is 0.962. The van der Waals surface area contributed by atoms with Crippen LogP contribution >= 0.6 is 28.5 Å². The number of hydrogen-bond acceptors (Lipinski definition) is 3. The minimum absolute atomic E-state index is 0. The Morgan fingerprint density at radius 2 is 1.67 bits per heavy atom. The molecule has 0 radical (unpaired) electrons. The number of aromatic nitrogens is 2. The van der Waals surface area contributed by atoms with Crippen molar-refractivity contribution in [3.63, 3.8) is 0 Å². The van der Waals surface area contributed by atoms with Crippen molar-refractivity contribution in [3.05, 3.63) is 60.2 Å². The zero-order chi connectivity index (χ0) is 13.9. The van der Waals surface area contributed by atoms with Crippen LogP contribution in [-0.2, 0) is 0 Å². The highest BCUT2D eigenvalue weighted by Gasteiger charge is 2.23. The van der Waals surface area contributed by atoms with E-state index in [1.54, 1.807) is 11.5 Å². The summed E-state index contributed by atoms with van der Waals surface area (Å²) < 4.78 is 2.15. The highest BCUT2D eigenvalue weighted by atomic mass is 79.9. The molecular formula is C16H17BrN3S+. The van der Waals surface area contributed by atoms with E-state index in [4.69, 9.17) is 0 Å². The van der Waals surface area contributed by atoms with Crippen molar-refractivity contribution in [2.24, 2.45) is 0 Å². The van der Waals surface area contributed by atoms with Gasteiger partial charge in [-0.3, -0.25) is 0 Å². The fraction of sp³-hybridized carbons (Fsp3) is 0.125. The average molecular weight is 363 g/mol. The van der Waals surface area contributed by atoms with Crippen LogP contribution in [0.1, 0.15) is 5.56 Å². The molecule has 0 fully saturated rings. The molecule has 3 rings (SSSR count). The molecule has 108 valence electrons. The van der Waals surface area contributed by atoms with Crippen LogP contribution < -0.4 is 9.27 Å². The maximum Gasteiger partial charge on any atom is 0.350 e. The Bertz CT molecular complexity index is 708. The van der Waals surface area contributed by atoms with E-state index < -0.39 is 0 Å². The van der Waals surface area contributed by atoms with Gasteiger partial charge in [-0.1, -0.05) is 35.9 Å². The third kappa shape index (κ3) is 3.31. The zero-order valence-corrected chi connectivity index (χ0v) is 14.4. The SMILES string of the molecule is Br.CNc1nc(-c2ccccc2)[n+](-c2ccc(C)cc2)s1. The van der Waals surface area contributed by atoms with Gasteiger partial charge in [0, 0.05) is 7.05 Å². The Balaban J connectivity index is 0.00000161. The minimum atomic E-state index is 0. The number of nitrogens with zero attached hydrogens (tertiary/aromatic N) is 2. The quantitative estimate of drug-likeness (QED) is 0.713. The molecule has 0 atom stereocenters. The normalized spacial score (nSPS) is 10.0. The molecule has 21 heavy (non-hydrogen) atoms. The van der Waals surface area contributed by atoms with Gasteiger partial charge >= 0.3 is 11.0 Å². The van der Waals surface area contributed by atoms with Crippen LogP contribution in [0.5, 0.6) is 0 Å². The molecule has 0 saturated carbocycles. The Morgan fingerprint density at radius 1 is 1.00 bits per heavy atom. The number of hydrogen-bond donors (Lipinski definition) is 1. The van der Waals surface area contributed by atoms with E-state index in [2.05, 4.69) is 57.6 Å². The minimum Gasteiger partial charge on any atom is -0.341 e. The van der Waals surface area contributed by atoms with Gasteiger partial charge in [-0.25, -0.2) is 0 Å². The summed E-state index contributed by atoms with van der Waals surface area (Å²) in [6.45, 7) is 2.10. The maximum absolute atomic E-state index is 4.67. The molecule has 1 heterocycles. The summed E-state index contributed by atoms with van der Waals surface area (Å²) in [6.07, 6.45) is 0. The van der Waals surface area contributed by atoms with Crippen molar-refractivity contribution < 1.29 is 3.96 Å². The summed E-state index contributed by atoms with van der Waals surface area (Å²) >= 11 is 1.61. The largest absolute Gasteiger partial charge is 0.350 e. The second-order valence-corrected chi connectivity index (χ2v) is 5.51. The molecule has 0 bridgehead atoms. The van der Waals surface area contributed by atoms with E-state index in [1.807, 2.05) is 25.2 Å². The van der Waals surface area contributed by atoms with Crippen LogP contribution in [0.25, 0.3) is 17.1 Å². The first-order valence-electron chi connectivity index (χ1n) is 6.51. The van der Waals surface area contributed by atoms with Crippen LogP contribution in [0.3, 0.4) is 0 Å². The molecule has 0 aliphatic heterocycles. The molecule has 5 heteroatoms. The van der Waals surface area contributed by atoms with Crippen LogP contribution in [0.4, 0.5) is 5.13 Å². The zero-order valence-electron chi connectivity index (χ0n) is 11.9. The Hall–Kier alpha value is -1.72. The summed E-state index contributed by atoms with van der Waals surface area (Å²) in [6, 6.07) is 18.7. The first kappa shape index (κ1) is 15.7. The summed E-state index contributed by atoms with van der Waals surface area (Å²) in [4.78, 5) is 4.67. The molecule has 3 nitrogen and oxygen atoms in total. The predicted molar refractivity (Wildman–Crippen MR) is 93.7 cm³/mol. The Kier molecular flexibility index (Phi) is 5.09. The van der Waals surface area contributed by atoms with Gasteiger partial charge in [-0.2, -0.15) is 0 Å². The lowest BCUT2D eigenvalue weighted by Crippen LogP contribution is -2.27. The number of halogens is 1. The first-order chi connectivity index (χ1) is 9.78. The molecule has 0 aliphatic rings. The molecule has 0 saturated heterocycles. The van der Waals surface area contributed by atoms with Crippen LogP contribution in [-0.4, -0.2) is 12.0 Å². The smallest absolute Gasteiger partial charge is 0.341 e. The molecular weight excluding hydrogens is 346 g/mol. The van der Waals surface area contributed by atoms with E-state index in [0.29, 0.717) is 0 Å². The number of nitrogens with one attached hydrogen (secondary N) is 1. The molecule has 0 amide bonds. The van der Waals surface area contributed by atoms with Gasteiger partial charge < -0.3 is 5.32 Å². The standard InChI is InChI=1S/C16H15N3S.BrH/c1-12-8-10-14(11-9-12)19-15(18-16(17-2)20-19)13-6-4-3-5-7-13;/h3-11H,1-2H3;1H/p+1. The van der Waals surface area contributed by atoms with E-state index >= 15 is 0 Å².